The molecule has 1 atom stereocenters. The van der Waals surface area contributed by atoms with Gasteiger partial charge in [-0.2, -0.15) is 13.5 Å². The Morgan fingerprint density at radius 3 is 2.69 bits per heavy atom. The topological polar surface area (TPSA) is 106 Å². The molecule has 3 aromatic rings. The third-order valence-corrected chi connectivity index (χ3v) is 4.15. The molecule has 0 saturated heterocycles. The highest BCUT2D eigenvalue weighted by atomic mass is 19.3. The third kappa shape index (κ3) is 4.60. The highest BCUT2D eigenvalue weighted by Gasteiger charge is 2.32. The van der Waals surface area contributed by atoms with Crippen LogP contribution in [0.5, 0.6) is 0 Å². The molecule has 8 nitrogen and oxygen atoms in total. The predicted octanol–water partition coefficient (Wildman–Crippen LogP) is 2.26. The zero-order valence-electron chi connectivity index (χ0n) is 16.1. The fraction of sp³-hybridized carbons (Fsp3) is 0.316. The maximum Gasteiger partial charge on any atom is 0.305 e. The minimum Gasteiger partial charge on any atom is -0.394 e. The summed E-state index contributed by atoms with van der Waals surface area (Å²) < 4.78 is 28.7. The average molecular weight is 402 g/mol. The minimum absolute atomic E-state index is 0.188. The molecule has 0 radical (unpaired) electrons. The number of aryl methyl sites for hydroxylation is 1. The zero-order chi connectivity index (χ0) is 21.2. The van der Waals surface area contributed by atoms with Crippen molar-refractivity contribution in [1.29, 1.82) is 0 Å². The molecule has 0 aliphatic heterocycles. The van der Waals surface area contributed by atoms with Crippen molar-refractivity contribution in [2.75, 3.05) is 6.61 Å². The molecule has 1 amide bonds. The van der Waals surface area contributed by atoms with Crippen molar-refractivity contribution < 1.29 is 18.7 Å². The van der Waals surface area contributed by atoms with Crippen LogP contribution in [0.15, 0.2) is 36.5 Å². The van der Waals surface area contributed by atoms with Crippen LogP contribution in [0, 0.1) is 6.92 Å². The Kier molecular flexibility index (Phi) is 5.64. The number of pyridine rings is 1. The number of carbonyl (C=O) groups excluding carboxylic acids is 1. The van der Waals surface area contributed by atoms with E-state index in [1.54, 1.807) is 31.3 Å². The summed E-state index contributed by atoms with van der Waals surface area (Å²) in [6.07, 6.45) is 1.66. The Bertz CT molecular complexity index is 1010. The molecule has 1 aromatic carbocycles. The lowest BCUT2D eigenvalue weighted by Gasteiger charge is -2.15. The summed E-state index contributed by atoms with van der Waals surface area (Å²) in [5, 5.41) is 22.2. The highest BCUT2D eigenvalue weighted by Crippen LogP contribution is 2.28. The molecule has 0 saturated carbocycles. The van der Waals surface area contributed by atoms with Crippen LogP contribution in [-0.4, -0.2) is 48.9 Å². The Morgan fingerprint density at radius 2 is 2.07 bits per heavy atom. The van der Waals surface area contributed by atoms with E-state index < -0.39 is 23.7 Å². The molecular formula is C19H20F2N6O2. The number of aromatic nitrogens is 5. The predicted molar refractivity (Wildman–Crippen MR) is 101 cm³/mol. The van der Waals surface area contributed by atoms with Crippen LogP contribution in [0.4, 0.5) is 8.78 Å². The number of hydrogen-bond acceptors (Lipinski definition) is 6. The van der Waals surface area contributed by atoms with E-state index in [4.69, 9.17) is 0 Å². The van der Waals surface area contributed by atoms with E-state index in [2.05, 4.69) is 25.8 Å². The summed E-state index contributed by atoms with van der Waals surface area (Å²) in [5.74, 6) is -4.41. The molecule has 0 bridgehead atoms. The van der Waals surface area contributed by atoms with Crippen molar-refractivity contribution in [3.63, 3.8) is 0 Å². The smallest absolute Gasteiger partial charge is 0.305 e. The first-order chi connectivity index (χ1) is 13.7. The Hall–Kier alpha value is -3.27. The number of nitrogens with one attached hydrogen (secondary N) is 1. The van der Waals surface area contributed by atoms with E-state index in [1.807, 2.05) is 13.0 Å². The molecule has 10 heteroatoms. The quantitative estimate of drug-likeness (QED) is 0.655. The summed E-state index contributed by atoms with van der Waals surface area (Å²) >= 11 is 0. The first-order valence-corrected chi connectivity index (χ1v) is 8.86. The molecular weight excluding hydrogens is 382 g/mol. The Morgan fingerprint density at radius 1 is 1.31 bits per heavy atom. The van der Waals surface area contributed by atoms with E-state index in [0.29, 0.717) is 18.2 Å². The van der Waals surface area contributed by atoms with E-state index in [9.17, 15) is 18.7 Å². The van der Waals surface area contributed by atoms with E-state index in [0.717, 1.165) is 10.2 Å². The van der Waals surface area contributed by atoms with Crippen LogP contribution >= 0.6 is 0 Å². The van der Waals surface area contributed by atoms with Gasteiger partial charge in [-0.25, -0.2) is 0 Å². The number of tetrazole rings is 1. The fourth-order valence-electron chi connectivity index (χ4n) is 2.64. The highest BCUT2D eigenvalue weighted by molar-refractivity contribution is 5.96. The number of aliphatic hydroxyl groups excluding tert-OH is 1. The van der Waals surface area contributed by atoms with Gasteiger partial charge in [-0.05, 0) is 54.1 Å². The summed E-state index contributed by atoms with van der Waals surface area (Å²) in [4.78, 5) is 16.9. The lowest BCUT2D eigenvalue weighted by Crippen LogP contribution is -2.35. The van der Waals surface area contributed by atoms with E-state index in [1.165, 1.54) is 6.07 Å². The normalized spacial score (nSPS) is 12.6. The van der Waals surface area contributed by atoms with Gasteiger partial charge in [0.2, 0.25) is 5.82 Å². The van der Waals surface area contributed by atoms with Gasteiger partial charge in [0.15, 0.2) is 0 Å². The van der Waals surface area contributed by atoms with Gasteiger partial charge in [0.25, 0.3) is 5.91 Å². The Balaban J connectivity index is 2.14. The molecule has 152 valence electrons. The SMILES string of the molecule is Cc1ccc(-c2cc(C(=O)N[C@@H](C)CO)cc(-n3nnnc3C(C)(F)F)c2)nc1. The van der Waals surface area contributed by atoms with Gasteiger partial charge >= 0.3 is 5.92 Å². The standard InChI is InChI=1S/C19H20F2N6O2/c1-11-4-5-16(22-9-11)13-6-14(17(29)23-12(2)10-28)8-15(7-13)27-18(19(3,20)21)24-25-26-27/h4-9,12,28H,10H2,1-3H3,(H,23,29)/t12-/m0/s1. The van der Waals surface area contributed by atoms with Crippen molar-refractivity contribution in [2.24, 2.45) is 0 Å². The van der Waals surface area contributed by atoms with Crippen LogP contribution in [0.1, 0.15) is 35.6 Å². The monoisotopic (exact) mass is 402 g/mol. The van der Waals surface area contributed by atoms with Gasteiger partial charge in [0.1, 0.15) is 0 Å². The number of alkyl halides is 2. The lowest BCUT2D eigenvalue weighted by atomic mass is 10.0. The van der Waals surface area contributed by atoms with Crippen molar-refractivity contribution in [1.82, 2.24) is 30.5 Å². The Labute approximate surface area is 165 Å². The molecule has 0 spiro atoms. The molecule has 0 aliphatic carbocycles. The number of carbonyl (C=O) groups is 1. The fourth-order valence-corrected chi connectivity index (χ4v) is 2.64. The van der Waals surface area contributed by atoms with E-state index >= 15 is 0 Å². The number of benzene rings is 1. The van der Waals surface area contributed by atoms with Gasteiger partial charge in [-0.1, -0.05) is 6.07 Å². The van der Waals surface area contributed by atoms with Crippen molar-refractivity contribution in [2.45, 2.75) is 32.7 Å². The summed E-state index contributed by atoms with van der Waals surface area (Å²) in [6, 6.07) is 7.72. The van der Waals surface area contributed by atoms with Gasteiger partial charge in [-0.15, -0.1) is 5.10 Å². The van der Waals surface area contributed by atoms with Crippen LogP contribution in [-0.2, 0) is 5.92 Å². The largest absolute Gasteiger partial charge is 0.394 e. The number of amides is 1. The summed E-state index contributed by atoms with van der Waals surface area (Å²) in [6.45, 7) is 3.98. The van der Waals surface area contributed by atoms with Crippen molar-refractivity contribution >= 4 is 5.91 Å². The van der Waals surface area contributed by atoms with Crippen molar-refractivity contribution in [3.05, 3.63) is 53.5 Å². The summed E-state index contributed by atoms with van der Waals surface area (Å²) in [7, 11) is 0. The minimum atomic E-state index is -3.28. The average Bonchev–Trinajstić information content (AvgIpc) is 3.18. The van der Waals surface area contributed by atoms with Gasteiger partial charge < -0.3 is 10.4 Å². The van der Waals surface area contributed by atoms with Crippen molar-refractivity contribution in [3.8, 4) is 16.9 Å². The molecule has 2 N–H and O–H groups in total. The number of aliphatic hydroxyl groups is 1. The number of hydrogen-bond donors (Lipinski definition) is 2. The first-order valence-electron chi connectivity index (χ1n) is 8.86. The van der Waals surface area contributed by atoms with E-state index in [-0.39, 0.29) is 17.9 Å². The zero-order valence-corrected chi connectivity index (χ0v) is 16.1. The van der Waals surface area contributed by atoms with Gasteiger partial charge in [0.05, 0.1) is 18.0 Å². The number of halogens is 2. The second-order valence-corrected chi connectivity index (χ2v) is 6.85. The van der Waals surface area contributed by atoms with Gasteiger partial charge in [0, 0.05) is 30.3 Å². The molecule has 0 unspecified atom stereocenters. The second-order valence-electron chi connectivity index (χ2n) is 6.85. The van der Waals surface area contributed by atoms with Crippen LogP contribution in [0.25, 0.3) is 16.9 Å². The molecule has 0 fully saturated rings. The molecule has 0 aliphatic rings. The third-order valence-electron chi connectivity index (χ3n) is 4.15. The first kappa shape index (κ1) is 20.5. The van der Waals surface area contributed by atoms with Gasteiger partial charge in [-0.3, -0.25) is 9.78 Å². The summed E-state index contributed by atoms with van der Waals surface area (Å²) in [5.41, 5.74) is 2.42. The molecule has 29 heavy (non-hydrogen) atoms. The second kappa shape index (κ2) is 8.00. The molecule has 2 heterocycles. The number of rotatable bonds is 6. The molecule has 2 aromatic heterocycles. The lowest BCUT2D eigenvalue weighted by molar-refractivity contribution is 0.00527. The maximum atomic E-state index is 13.9. The molecule has 3 rings (SSSR count). The van der Waals surface area contributed by atoms with Crippen LogP contribution < -0.4 is 5.32 Å². The maximum absolute atomic E-state index is 13.9. The number of nitrogens with zero attached hydrogens (tertiary/aromatic N) is 5. The van der Waals surface area contributed by atoms with Crippen LogP contribution in [0.3, 0.4) is 0 Å². The van der Waals surface area contributed by atoms with Crippen LogP contribution in [0.2, 0.25) is 0 Å².